The molecular formula is C17H16N6O. The molecule has 7 nitrogen and oxygen atoms in total. The van der Waals surface area contributed by atoms with Gasteiger partial charge in [-0.2, -0.15) is 10.2 Å². The molecule has 3 heterocycles. The van der Waals surface area contributed by atoms with Crippen molar-refractivity contribution in [1.29, 1.82) is 0 Å². The van der Waals surface area contributed by atoms with Crippen molar-refractivity contribution in [2.45, 2.75) is 0 Å². The second-order valence-corrected chi connectivity index (χ2v) is 5.43. The fourth-order valence-electron chi connectivity index (χ4n) is 2.68. The van der Waals surface area contributed by atoms with Crippen LogP contribution in [0.25, 0.3) is 28.0 Å². The van der Waals surface area contributed by atoms with Gasteiger partial charge in [0.05, 0.1) is 48.3 Å². The number of benzene rings is 1. The maximum Gasteiger partial charge on any atom is 0.0968 e. The molecule has 1 N–H and O–H groups in total. The standard InChI is InChI=1S/C17H16N6O/c1-22-10-13(9-19-22)15-11-23-16(6-7-18-23)17(20-15)12-4-3-5-14(8-12)21-24-2/h3-11,21H,1-2H3. The first kappa shape index (κ1) is 14.4. The van der Waals surface area contributed by atoms with E-state index in [-0.39, 0.29) is 0 Å². The van der Waals surface area contributed by atoms with Gasteiger partial charge in [-0.1, -0.05) is 12.1 Å². The molecule has 0 amide bonds. The lowest BCUT2D eigenvalue weighted by Crippen LogP contribution is -1.98. The maximum absolute atomic E-state index is 4.99. The van der Waals surface area contributed by atoms with Gasteiger partial charge in [0.15, 0.2) is 0 Å². The number of aryl methyl sites for hydroxylation is 1. The molecular weight excluding hydrogens is 304 g/mol. The molecule has 0 saturated heterocycles. The number of anilines is 1. The molecule has 7 heteroatoms. The van der Waals surface area contributed by atoms with Gasteiger partial charge in [0.1, 0.15) is 0 Å². The van der Waals surface area contributed by atoms with E-state index in [1.165, 1.54) is 0 Å². The molecule has 120 valence electrons. The Morgan fingerprint density at radius 1 is 1.08 bits per heavy atom. The summed E-state index contributed by atoms with van der Waals surface area (Å²) < 4.78 is 3.59. The van der Waals surface area contributed by atoms with Gasteiger partial charge >= 0.3 is 0 Å². The minimum absolute atomic E-state index is 0.819. The number of nitrogens with zero attached hydrogens (tertiary/aromatic N) is 5. The topological polar surface area (TPSA) is 69.3 Å². The summed E-state index contributed by atoms with van der Waals surface area (Å²) in [5.74, 6) is 0. The lowest BCUT2D eigenvalue weighted by atomic mass is 10.1. The van der Waals surface area contributed by atoms with Crippen LogP contribution in [0, 0.1) is 0 Å². The van der Waals surface area contributed by atoms with Crippen molar-refractivity contribution in [3.8, 4) is 22.5 Å². The largest absolute Gasteiger partial charge is 0.279 e. The number of hydrogen-bond acceptors (Lipinski definition) is 5. The quantitative estimate of drug-likeness (QED) is 0.586. The monoisotopic (exact) mass is 320 g/mol. The molecule has 3 aromatic heterocycles. The van der Waals surface area contributed by atoms with Crippen LogP contribution in [0.15, 0.2) is 55.1 Å². The van der Waals surface area contributed by atoms with Crippen LogP contribution in [0.4, 0.5) is 5.69 Å². The zero-order valence-electron chi connectivity index (χ0n) is 13.3. The van der Waals surface area contributed by atoms with Crippen LogP contribution in [-0.4, -0.2) is 31.5 Å². The molecule has 0 spiro atoms. The van der Waals surface area contributed by atoms with E-state index in [4.69, 9.17) is 9.82 Å². The van der Waals surface area contributed by atoms with E-state index in [2.05, 4.69) is 15.7 Å². The number of aromatic nitrogens is 5. The molecule has 4 rings (SSSR count). The van der Waals surface area contributed by atoms with Gasteiger partial charge in [-0.3, -0.25) is 15.0 Å². The highest BCUT2D eigenvalue weighted by molar-refractivity contribution is 5.80. The van der Waals surface area contributed by atoms with Crippen LogP contribution in [0.1, 0.15) is 0 Å². The summed E-state index contributed by atoms with van der Waals surface area (Å²) in [5.41, 5.74) is 8.25. The summed E-state index contributed by atoms with van der Waals surface area (Å²) in [7, 11) is 3.47. The Kier molecular flexibility index (Phi) is 3.47. The maximum atomic E-state index is 4.99. The van der Waals surface area contributed by atoms with Gasteiger partial charge in [0.2, 0.25) is 0 Å². The first-order chi connectivity index (χ1) is 11.7. The lowest BCUT2D eigenvalue weighted by Gasteiger charge is -2.09. The van der Waals surface area contributed by atoms with E-state index in [0.717, 1.165) is 33.7 Å². The van der Waals surface area contributed by atoms with Crippen LogP contribution in [-0.2, 0) is 11.9 Å². The molecule has 4 aromatic rings. The summed E-state index contributed by atoms with van der Waals surface area (Å²) in [6.45, 7) is 0. The van der Waals surface area contributed by atoms with Crippen molar-refractivity contribution in [2.24, 2.45) is 7.05 Å². The van der Waals surface area contributed by atoms with Gasteiger partial charge in [-0.05, 0) is 18.2 Å². The Bertz CT molecular complexity index is 1000. The molecule has 0 saturated carbocycles. The Hall–Kier alpha value is -3.19. The van der Waals surface area contributed by atoms with E-state index in [1.807, 2.05) is 54.3 Å². The number of rotatable bonds is 4. The van der Waals surface area contributed by atoms with Crippen LogP contribution < -0.4 is 5.48 Å². The third kappa shape index (κ3) is 2.50. The normalized spacial score (nSPS) is 11.1. The van der Waals surface area contributed by atoms with Crippen LogP contribution in [0.2, 0.25) is 0 Å². The smallest absolute Gasteiger partial charge is 0.0968 e. The first-order valence-corrected chi connectivity index (χ1v) is 7.47. The molecule has 0 atom stereocenters. The Labute approximate surface area is 138 Å². The van der Waals surface area contributed by atoms with Crippen LogP contribution in [0.5, 0.6) is 0 Å². The predicted octanol–water partition coefficient (Wildman–Crippen LogP) is 2.77. The predicted molar refractivity (Wildman–Crippen MR) is 91.3 cm³/mol. The van der Waals surface area contributed by atoms with Crippen molar-refractivity contribution in [1.82, 2.24) is 24.4 Å². The van der Waals surface area contributed by atoms with Crippen molar-refractivity contribution in [2.75, 3.05) is 12.6 Å². The summed E-state index contributed by atoms with van der Waals surface area (Å²) in [5, 5.41) is 8.59. The molecule has 0 unspecified atom stereocenters. The molecule has 0 aliphatic rings. The van der Waals surface area contributed by atoms with E-state index < -0.39 is 0 Å². The van der Waals surface area contributed by atoms with E-state index >= 15 is 0 Å². The minimum atomic E-state index is 0.819. The summed E-state index contributed by atoms with van der Waals surface area (Å²) in [6, 6.07) is 9.86. The Morgan fingerprint density at radius 2 is 2.00 bits per heavy atom. The summed E-state index contributed by atoms with van der Waals surface area (Å²) >= 11 is 0. The van der Waals surface area contributed by atoms with Crippen LogP contribution >= 0.6 is 0 Å². The molecule has 0 aliphatic heterocycles. The molecule has 0 bridgehead atoms. The van der Waals surface area contributed by atoms with E-state index in [9.17, 15) is 0 Å². The molecule has 24 heavy (non-hydrogen) atoms. The number of hydrogen-bond donors (Lipinski definition) is 1. The summed E-state index contributed by atoms with van der Waals surface area (Å²) in [4.78, 5) is 9.83. The van der Waals surface area contributed by atoms with Gasteiger partial charge in [-0.15, -0.1) is 0 Å². The molecule has 1 aromatic carbocycles. The van der Waals surface area contributed by atoms with Gasteiger partial charge < -0.3 is 0 Å². The van der Waals surface area contributed by atoms with Gasteiger partial charge in [0, 0.05) is 24.4 Å². The zero-order chi connectivity index (χ0) is 16.5. The van der Waals surface area contributed by atoms with Crippen molar-refractivity contribution in [3.63, 3.8) is 0 Å². The van der Waals surface area contributed by atoms with E-state index in [0.29, 0.717) is 0 Å². The number of fused-ring (bicyclic) bond motifs is 1. The highest BCUT2D eigenvalue weighted by Crippen LogP contribution is 2.28. The zero-order valence-corrected chi connectivity index (χ0v) is 13.3. The average molecular weight is 320 g/mol. The van der Waals surface area contributed by atoms with Gasteiger partial charge in [-0.25, -0.2) is 9.50 Å². The third-order valence-corrected chi connectivity index (χ3v) is 3.75. The van der Waals surface area contributed by atoms with Crippen LogP contribution in [0.3, 0.4) is 0 Å². The summed E-state index contributed by atoms with van der Waals surface area (Å²) in [6.07, 6.45) is 7.41. The Morgan fingerprint density at radius 3 is 2.79 bits per heavy atom. The number of nitrogens with one attached hydrogen (secondary N) is 1. The van der Waals surface area contributed by atoms with E-state index in [1.54, 1.807) is 24.2 Å². The van der Waals surface area contributed by atoms with Crippen molar-refractivity contribution in [3.05, 3.63) is 55.1 Å². The SMILES string of the molecule is CONc1cccc(-c2nc(-c3cnn(C)c3)cn3nccc23)c1. The highest BCUT2D eigenvalue weighted by Gasteiger charge is 2.12. The first-order valence-electron chi connectivity index (χ1n) is 7.47. The fraction of sp³-hybridized carbons (Fsp3) is 0.118. The van der Waals surface area contributed by atoms with Crippen molar-refractivity contribution >= 4 is 11.2 Å². The molecule has 0 aliphatic carbocycles. The third-order valence-electron chi connectivity index (χ3n) is 3.75. The van der Waals surface area contributed by atoms with Gasteiger partial charge in [0.25, 0.3) is 0 Å². The Balaban J connectivity index is 1.90. The average Bonchev–Trinajstić information content (AvgIpc) is 3.23. The van der Waals surface area contributed by atoms with Crippen molar-refractivity contribution < 1.29 is 4.84 Å². The molecule has 0 radical (unpaired) electrons. The second-order valence-electron chi connectivity index (χ2n) is 5.43. The lowest BCUT2D eigenvalue weighted by molar-refractivity contribution is 0.271. The minimum Gasteiger partial charge on any atom is -0.279 e. The highest BCUT2D eigenvalue weighted by atomic mass is 16.6. The fourth-order valence-corrected chi connectivity index (χ4v) is 2.68. The second kappa shape index (κ2) is 5.78. The molecule has 0 fully saturated rings.